The van der Waals surface area contributed by atoms with Crippen LogP contribution in [0.15, 0.2) is 18.2 Å². The molecule has 7 nitrogen and oxygen atoms in total. The Labute approximate surface area is 161 Å². The molecule has 1 amide bonds. The Kier molecular flexibility index (Phi) is 8.84. The molecule has 0 aromatic heterocycles. The SMILES string of the molecule is COCCNC(=O)c1ccc(OC)cc1OC1CCN([C@@H](C)COC)CC1. The summed E-state index contributed by atoms with van der Waals surface area (Å²) in [4.78, 5) is 14.9. The summed E-state index contributed by atoms with van der Waals surface area (Å²) < 4.78 is 21.7. The summed E-state index contributed by atoms with van der Waals surface area (Å²) in [7, 11) is 4.94. The highest BCUT2D eigenvalue weighted by molar-refractivity contribution is 5.97. The molecule has 1 aromatic carbocycles. The van der Waals surface area contributed by atoms with Crippen molar-refractivity contribution in [3.05, 3.63) is 23.8 Å². The number of methoxy groups -OCH3 is 3. The molecule has 0 aliphatic carbocycles. The van der Waals surface area contributed by atoms with E-state index in [1.54, 1.807) is 39.5 Å². The van der Waals surface area contributed by atoms with Crippen LogP contribution in [0.5, 0.6) is 11.5 Å². The lowest BCUT2D eigenvalue weighted by molar-refractivity contribution is 0.0470. The minimum Gasteiger partial charge on any atom is -0.497 e. The first kappa shape index (κ1) is 21.5. The van der Waals surface area contributed by atoms with Crippen LogP contribution in [0.25, 0.3) is 0 Å². The molecular weight excluding hydrogens is 348 g/mol. The van der Waals surface area contributed by atoms with Gasteiger partial charge in [-0.3, -0.25) is 9.69 Å². The third-order valence-corrected chi connectivity index (χ3v) is 4.83. The molecule has 2 rings (SSSR count). The number of likely N-dealkylation sites (tertiary alicyclic amines) is 1. The topological polar surface area (TPSA) is 69.3 Å². The second kappa shape index (κ2) is 11.1. The minimum atomic E-state index is -0.171. The standard InChI is InChI=1S/C20H32N2O5/c1-15(14-25-3)22-10-7-16(8-11-22)27-19-13-17(26-4)5-6-18(19)20(23)21-9-12-24-2/h5-6,13,15-16H,7-12,14H2,1-4H3,(H,21,23)/t15-/m0/s1. The average molecular weight is 380 g/mol. The highest BCUT2D eigenvalue weighted by Gasteiger charge is 2.25. The molecule has 0 unspecified atom stereocenters. The molecule has 1 aliphatic heterocycles. The van der Waals surface area contributed by atoms with Crippen LogP contribution < -0.4 is 14.8 Å². The molecule has 27 heavy (non-hydrogen) atoms. The maximum Gasteiger partial charge on any atom is 0.255 e. The first-order chi connectivity index (χ1) is 13.1. The van der Waals surface area contributed by atoms with Gasteiger partial charge in [0.2, 0.25) is 0 Å². The number of nitrogens with zero attached hydrogens (tertiary/aromatic N) is 1. The van der Waals surface area contributed by atoms with Crippen molar-refractivity contribution in [1.82, 2.24) is 10.2 Å². The smallest absolute Gasteiger partial charge is 0.255 e. The van der Waals surface area contributed by atoms with Crippen LogP contribution in [0.2, 0.25) is 0 Å². The van der Waals surface area contributed by atoms with Crippen LogP contribution in [-0.2, 0) is 9.47 Å². The van der Waals surface area contributed by atoms with E-state index in [-0.39, 0.29) is 12.0 Å². The van der Waals surface area contributed by atoms with E-state index >= 15 is 0 Å². The third-order valence-electron chi connectivity index (χ3n) is 4.83. The van der Waals surface area contributed by atoms with Gasteiger partial charge in [-0.15, -0.1) is 0 Å². The Hall–Kier alpha value is -1.83. The Morgan fingerprint density at radius 1 is 1.22 bits per heavy atom. The van der Waals surface area contributed by atoms with Crippen LogP contribution in [0.4, 0.5) is 0 Å². The second-order valence-corrected chi connectivity index (χ2v) is 6.77. The Balaban J connectivity index is 2.01. The molecule has 1 fully saturated rings. The Bertz CT molecular complexity index is 588. The summed E-state index contributed by atoms with van der Waals surface area (Å²) in [5.41, 5.74) is 0.516. The van der Waals surface area contributed by atoms with Crippen LogP contribution in [0, 0.1) is 0 Å². The van der Waals surface area contributed by atoms with Crippen molar-refractivity contribution in [3.63, 3.8) is 0 Å². The van der Waals surface area contributed by atoms with E-state index in [2.05, 4.69) is 17.1 Å². The average Bonchev–Trinajstić information content (AvgIpc) is 2.68. The molecule has 0 bridgehead atoms. The number of piperidine rings is 1. The van der Waals surface area contributed by atoms with Gasteiger partial charge in [-0.05, 0) is 31.9 Å². The summed E-state index contributed by atoms with van der Waals surface area (Å²) in [6, 6.07) is 5.69. The molecule has 1 heterocycles. The molecule has 7 heteroatoms. The fourth-order valence-corrected chi connectivity index (χ4v) is 3.24. The van der Waals surface area contributed by atoms with Crippen LogP contribution >= 0.6 is 0 Å². The first-order valence-corrected chi connectivity index (χ1v) is 9.43. The van der Waals surface area contributed by atoms with Crippen molar-refractivity contribution in [1.29, 1.82) is 0 Å². The van der Waals surface area contributed by atoms with Crippen LogP contribution in [0.1, 0.15) is 30.1 Å². The summed E-state index contributed by atoms with van der Waals surface area (Å²) in [6.07, 6.45) is 1.90. The van der Waals surface area contributed by atoms with Gasteiger partial charge in [-0.1, -0.05) is 0 Å². The van der Waals surface area contributed by atoms with E-state index in [1.807, 2.05) is 0 Å². The summed E-state index contributed by atoms with van der Waals surface area (Å²) in [5.74, 6) is 1.06. The predicted molar refractivity (Wildman–Crippen MR) is 104 cm³/mol. The van der Waals surface area contributed by atoms with Gasteiger partial charge in [0.15, 0.2) is 0 Å². The first-order valence-electron chi connectivity index (χ1n) is 9.43. The number of carbonyl (C=O) groups excluding carboxylic acids is 1. The minimum absolute atomic E-state index is 0.0774. The number of carbonyl (C=O) groups is 1. The van der Waals surface area contributed by atoms with E-state index in [1.165, 1.54) is 0 Å². The van der Waals surface area contributed by atoms with Gasteiger partial charge < -0.3 is 24.3 Å². The fourth-order valence-electron chi connectivity index (χ4n) is 3.24. The van der Waals surface area contributed by atoms with Gasteiger partial charge in [-0.25, -0.2) is 0 Å². The summed E-state index contributed by atoms with van der Waals surface area (Å²) in [5, 5.41) is 2.84. The zero-order chi connectivity index (χ0) is 19.6. The molecular formula is C20H32N2O5. The molecule has 152 valence electrons. The highest BCUT2D eigenvalue weighted by atomic mass is 16.5. The normalized spacial score (nSPS) is 16.7. The number of hydrogen-bond donors (Lipinski definition) is 1. The van der Waals surface area contributed by atoms with Gasteiger partial charge in [0.25, 0.3) is 5.91 Å². The largest absolute Gasteiger partial charge is 0.497 e. The van der Waals surface area contributed by atoms with Gasteiger partial charge in [0, 0.05) is 46.0 Å². The quantitative estimate of drug-likeness (QED) is 0.626. The van der Waals surface area contributed by atoms with E-state index in [4.69, 9.17) is 18.9 Å². The Morgan fingerprint density at radius 3 is 2.59 bits per heavy atom. The van der Waals surface area contributed by atoms with E-state index in [0.29, 0.717) is 36.3 Å². The lowest BCUT2D eigenvalue weighted by atomic mass is 10.1. The fraction of sp³-hybridized carbons (Fsp3) is 0.650. The van der Waals surface area contributed by atoms with E-state index in [9.17, 15) is 4.79 Å². The van der Waals surface area contributed by atoms with Gasteiger partial charge >= 0.3 is 0 Å². The van der Waals surface area contributed by atoms with E-state index in [0.717, 1.165) is 32.5 Å². The molecule has 1 aliphatic rings. The van der Waals surface area contributed by atoms with Gasteiger partial charge in [0.1, 0.15) is 17.6 Å². The molecule has 0 radical (unpaired) electrons. The maximum atomic E-state index is 12.5. The number of amides is 1. The molecule has 1 saturated heterocycles. The zero-order valence-corrected chi connectivity index (χ0v) is 16.8. The third kappa shape index (κ3) is 6.37. The van der Waals surface area contributed by atoms with Gasteiger partial charge in [-0.2, -0.15) is 0 Å². The number of nitrogens with one attached hydrogen (secondary N) is 1. The van der Waals surface area contributed by atoms with Crippen molar-refractivity contribution in [2.24, 2.45) is 0 Å². The molecule has 1 N–H and O–H groups in total. The summed E-state index contributed by atoms with van der Waals surface area (Å²) >= 11 is 0. The molecule has 0 spiro atoms. The van der Waals surface area contributed by atoms with Crippen LogP contribution in [-0.4, -0.2) is 77.1 Å². The van der Waals surface area contributed by atoms with Crippen molar-refractivity contribution in [3.8, 4) is 11.5 Å². The number of hydrogen-bond acceptors (Lipinski definition) is 6. The lowest BCUT2D eigenvalue weighted by Crippen LogP contribution is -2.44. The molecule has 1 aromatic rings. The van der Waals surface area contributed by atoms with Crippen molar-refractivity contribution < 1.29 is 23.7 Å². The lowest BCUT2D eigenvalue weighted by Gasteiger charge is -2.36. The van der Waals surface area contributed by atoms with Crippen molar-refractivity contribution >= 4 is 5.91 Å². The summed E-state index contributed by atoms with van der Waals surface area (Å²) in [6.45, 7) is 5.73. The highest BCUT2D eigenvalue weighted by Crippen LogP contribution is 2.28. The Morgan fingerprint density at radius 2 is 1.96 bits per heavy atom. The zero-order valence-electron chi connectivity index (χ0n) is 16.8. The van der Waals surface area contributed by atoms with E-state index < -0.39 is 0 Å². The second-order valence-electron chi connectivity index (χ2n) is 6.77. The number of ether oxygens (including phenoxy) is 4. The van der Waals surface area contributed by atoms with Crippen molar-refractivity contribution in [2.75, 3.05) is 54.2 Å². The predicted octanol–water partition coefficient (Wildman–Crippen LogP) is 1.95. The monoisotopic (exact) mass is 380 g/mol. The van der Waals surface area contributed by atoms with Gasteiger partial charge in [0.05, 0.1) is 25.9 Å². The van der Waals surface area contributed by atoms with Crippen LogP contribution in [0.3, 0.4) is 0 Å². The molecule has 0 saturated carbocycles. The maximum absolute atomic E-state index is 12.5. The number of benzene rings is 1. The number of rotatable bonds is 10. The molecule has 1 atom stereocenters. The van der Waals surface area contributed by atoms with Crippen molar-refractivity contribution in [2.45, 2.75) is 31.9 Å².